The third kappa shape index (κ3) is 0.775. The standard InChI is InChI=1S/C10H17NO/c1-10-5-7-2-8(6-10)4-9(3-7)11(10)12/h7-9,11H,2-6H2,1H3/t7-,8+,9?,10?. The summed E-state index contributed by atoms with van der Waals surface area (Å²) in [7, 11) is 0. The van der Waals surface area contributed by atoms with Gasteiger partial charge in [0.15, 0.2) is 0 Å². The molecule has 0 aromatic rings. The molecule has 0 aromatic heterocycles. The maximum Gasteiger partial charge on any atom is 0.0953 e. The Labute approximate surface area is 73.5 Å². The highest BCUT2D eigenvalue weighted by atomic mass is 16.5. The quantitative estimate of drug-likeness (QED) is 0.529. The first-order valence-corrected chi connectivity index (χ1v) is 5.22. The van der Waals surface area contributed by atoms with Gasteiger partial charge in [-0.15, -0.1) is 0 Å². The van der Waals surface area contributed by atoms with Gasteiger partial charge in [-0.05, 0) is 25.2 Å². The summed E-state index contributed by atoms with van der Waals surface area (Å²) in [6, 6.07) is 0.473. The fourth-order valence-corrected chi connectivity index (χ4v) is 4.16. The lowest BCUT2D eigenvalue weighted by molar-refractivity contribution is -0.946. The van der Waals surface area contributed by atoms with Crippen LogP contribution in [0.5, 0.6) is 0 Å². The minimum atomic E-state index is 0.120. The normalized spacial score (nSPS) is 62.5. The second-order valence-corrected chi connectivity index (χ2v) is 5.47. The zero-order valence-corrected chi connectivity index (χ0v) is 7.68. The Kier molecular flexibility index (Phi) is 1.25. The van der Waals surface area contributed by atoms with E-state index in [1.807, 2.05) is 0 Å². The van der Waals surface area contributed by atoms with Crippen LogP contribution in [-0.4, -0.2) is 11.6 Å². The van der Waals surface area contributed by atoms with Crippen molar-refractivity contribution < 1.29 is 5.06 Å². The van der Waals surface area contributed by atoms with Crippen LogP contribution < -0.4 is 5.06 Å². The summed E-state index contributed by atoms with van der Waals surface area (Å²) >= 11 is 0. The Hall–Kier alpha value is -0.0800. The van der Waals surface area contributed by atoms with Gasteiger partial charge in [0.2, 0.25) is 0 Å². The molecular formula is C10H17NO. The number of hydroxylamine groups is 2. The molecule has 3 unspecified atom stereocenters. The van der Waals surface area contributed by atoms with Gasteiger partial charge >= 0.3 is 0 Å². The SMILES string of the molecule is CC12C[C@@H]3CC(C[C@@H](C3)C1)[NH+]2[O-]. The van der Waals surface area contributed by atoms with E-state index in [2.05, 4.69) is 6.92 Å². The van der Waals surface area contributed by atoms with E-state index in [1.165, 1.54) is 32.1 Å². The summed E-state index contributed by atoms with van der Waals surface area (Å²) in [5.74, 6) is 1.82. The summed E-state index contributed by atoms with van der Waals surface area (Å²) in [5, 5.41) is 12.5. The summed E-state index contributed by atoms with van der Waals surface area (Å²) in [5.41, 5.74) is 0.120. The monoisotopic (exact) mass is 167 g/mol. The van der Waals surface area contributed by atoms with Crippen molar-refractivity contribution in [2.75, 3.05) is 0 Å². The van der Waals surface area contributed by atoms with Crippen LogP contribution in [0.25, 0.3) is 0 Å². The van der Waals surface area contributed by atoms with Crippen molar-refractivity contribution >= 4 is 0 Å². The number of piperidine rings is 2. The molecule has 2 heteroatoms. The molecule has 4 bridgehead atoms. The van der Waals surface area contributed by atoms with E-state index >= 15 is 0 Å². The fourth-order valence-electron chi connectivity index (χ4n) is 4.16. The third-order valence-corrected chi connectivity index (χ3v) is 4.35. The molecule has 2 heterocycles. The Morgan fingerprint density at radius 3 is 2.25 bits per heavy atom. The molecule has 12 heavy (non-hydrogen) atoms. The molecule has 4 aliphatic rings. The second-order valence-electron chi connectivity index (χ2n) is 5.47. The van der Waals surface area contributed by atoms with Gasteiger partial charge in [0.05, 0.1) is 11.6 Å². The zero-order valence-electron chi connectivity index (χ0n) is 7.68. The smallest absolute Gasteiger partial charge is 0.0953 e. The highest BCUT2D eigenvalue weighted by Gasteiger charge is 2.53. The predicted molar refractivity (Wildman–Crippen MR) is 46.6 cm³/mol. The molecule has 5 atom stereocenters. The van der Waals surface area contributed by atoms with E-state index < -0.39 is 0 Å². The molecule has 4 rings (SSSR count). The molecule has 0 aromatic carbocycles. The fraction of sp³-hybridized carbons (Fsp3) is 1.00. The van der Waals surface area contributed by atoms with Crippen LogP contribution in [0.3, 0.4) is 0 Å². The van der Waals surface area contributed by atoms with Crippen molar-refractivity contribution in [2.24, 2.45) is 11.8 Å². The summed E-state index contributed by atoms with van der Waals surface area (Å²) < 4.78 is 0. The number of hydrogen-bond donors (Lipinski definition) is 1. The molecule has 1 N–H and O–H groups in total. The van der Waals surface area contributed by atoms with E-state index in [0.717, 1.165) is 11.8 Å². The number of quaternary nitrogens is 1. The van der Waals surface area contributed by atoms with Crippen molar-refractivity contribution in [2.45, 2.75) is 50.6 Å². The zero-order chi connectivity index (χ0) is 8.34. The van der Waals surface area contributed by atoms with Crippen molar-refractivity contribution in [3.63, 3.8) is 0 Å². The van der Waals surface area contributed by atoms with E-state index in [4.69, 9.17) is 0 Å². The largest absolute Gasteiger partial charge is 0.634 e. The van der Waals surface area contributed by atoms with Gasteiger partial charge < -0.3 is 10.3 Å². The van der Waals surface area contributed by atoms with Gasteiger partial charge in [0, 0.05) is 25.7 Å². The van der Waals surface area contributed by atoms with Gasteiger partial charge in [-0.2, -0.15) is 0 Å². The molecule has 0 amide bonds. The molecule has 2 saturated carbocycles. The summed E-state index contributed by atoms with van der Waals surface area (Å²) in [6.07, 6.45) is 6.30. The molecule has 68 valence electrons. The van der Waals surface area contributed by atoms with Gasteiger partial charge in [0.1, 0.15) is 0 Å². The molecule has 2 saturated heterocycles. The lowest BCUT2D eigenvalue weighted by Gasteiger charge is -2.61. The lowest BCUT2D eigenvalue weighted by atomic mass is 9.59. The highest BCUT2D eigenvalue weighted by Crippen LogP contribution is 2.46. The lowest BCUT2D eigenvalue weighted by Crippen LogP contribution is -3.22. The van der Waals surface area contributed by atoms with Gasteiger partial charge in [0.25, 0.3) is 0 Å². The van der Waals surface area contributed by atoms with E-state index in [9.17, 15) is 5.21 Å². The average molecular weight is 167 g/mol. The maximum atomic E-state index is 11.9. The van der Waals surface area contributed by atoms with Crippen LogP contribution in [0.1, 0.15) is 39.0 Å². The maximum absolute atomic E-state index is 11.9. The Morgan fingerprint density at radius 1 is 1.17 bits per heavy atom. The van der Waals surface area contributed by atoms with Crippen molar-refractivity contribution in [1.29, 1.82) is 0 Å². The summed E-state index contributed by atoms with van der Waals surface area (Å²) in [6.45, 7) is 2.21. The van der Waals surface area contributed by atoms with Crippen LogP contribution in [0, 0.1) is 17.0 Å². The second kappa shape index (κ2) is 2.05. The topological polar surface area (TPSA) is 27.5 Å². The van der Waals surface area contributed by atoms with Crippen LogP contribution in [0.4, 0.5) is 0 Å². The highest BCUT2D eigenvalue weighted by molar-refractivity contribution is 4.97. The first kappa shape index (κ1) is 7.34. The van der Waals surface area contributed by atoms with E-state index in [0.29, 0.717) is 11.1 Å². The molecule has 0 radical (unpaired) electrons. The van der Waals surface area contributed by atoms with Crippen molar-refractivity contribution in [1.82, 2.24) is 0 Å². The van der Waals surface area contributed by atoms with Gasteiger partial charge in [-0.25, -0.2) is 0 Å². The summed E-state index contributed by atoms with van der Waals surface area (Å²) in [4.78, 5) is 0. The first-order valence-electron chi connectivity index (χ1n) is 5.22. The minimum absolute atomic E-state index is 0.120. The van der Waals surface area contributed by atoms with E-state index in [-0.39, 0.29) is 5.54 Å². The number of rotatable bonds is 0. The third-order valence-electron chi connectivity index (χ3n) is 4.35. The molecule has 4 fully saturated rings. The van der Waals surface area contributed by atoms with Crippen LogP contribution in [0.15, 0.2) is 0 Å². The first-order chi connectivity index (χ1) is 5.67. The molecule has 2 aliphatic carbocycles. The molecule has 2 nitrogen and oxygen atoms in total. The number of hydrogen-bond acceptors (Lipinski definition) is 1. The van der Waals surface area contributed by atoms with E-state index in [1.54, 1.807) is 0 Å². The Balaban J connectivity index is 1.97. The van der Waals surface area contributed by atoms with Gasteiger partial charge in [-0.1, -0.05) is 0 Å². The molecular weight excluding hydrogens is 150 g/mol. The number of nitrogens with one attached hydrogen (secondary N) is 1. The van der Waals surface area contributed by atoms with Crippen LogP contribution in [-0.2, 0) is 0 Å². The van der Waals surface area contributed by atoms with Crippen molar-refractivity contribution in [3.05, 3.63) is 5.21 Å². The van der Waals surface area contributed by atoms with Gasteiger partial charge in [-0.3, -0.25) is 0 Å². The molecule has 2 aliphatic heterocycles. The minimum Gasteiger partial charge on any atom is -0.634 e. The predicted octanol–water partition coefficient (Wildman–Crippen LogP) is 0.720. The Bertz CT molecular complexity index is 202. The van der Waals surface area contributed by atoms with Crippen LogP contribution >= 0.6 is 0 Å². The van der Waals surface area contributed by atoms with Crippen molar-refractivity contribution in [3.8, 4) is 0 Å². The Morgan fingerprint density at radius 2 is 1.75 bits per heavy atom. The van der Waals surface area contributed by atoms with Crippen LogP contribution in [0.2, 0.25) is 0 Å². The molecule has 0 spiro atoms. The average Bonchev–Trinajstić information content (AvgIpc) is 1.98.